The van der Waals surface area contributed by atoms with Gasteiger partial charge in [0.15, 0.2) is 0 Å². The zero-order chi connectivity index (χ0) is 8.97. The summed E-state index contributed by atoms with van der Waals surface area (Å²) in [5, 5.41) is 0. The Kier molecular flexibility index (Phi) is 2.80. The first kappa shape index (κ1) is 8.72. The zero-order valence-electron chi connectivity index (χ0n) is 6.33. The van der Waals surface area contributed by atoms with Gasteiger partial charge in [-0.05, 0) is 0 Å². The minimum atomic E-state index is 0.424. The van der Waals surface area contributed by atoms with E-state index in [9.17, 15) is 0 Å². The van der Waals surface area contributed by atoms with E-state index in [-0.39, 0.29) is 0 Å². The van der Waals surface area contributed by atoms with Crippen molar-refractivity contribution in [3.63, 3.8) is 0 Å². The van der Waals surface area contributed by atoms with Gasteiger partial charge in [0.1, 0.15) is 0 Å². The molecule has 1 heterocycles. The molecule has 0 aliphatic carbocycles. The molecule has 9 N–H and O–H groups in total. The molecule has 0 unspecified atom stereocenters. The molecule has 0 bridgehead atoms. The minimum absolute atomic E-state index is 0.424. The number of nitrogen functional groups attached to an aromatic ring is 3. The summed E-state index contributed by atoms with van der Waals surface area (Å²) < 4.78 is 0. The monoisotopic (exact) mass is 167 g/mol. The van der Waals surface area contributed by atoms with Gasteiger partial charge in [-0.1, -0.05) is 0 Å². The topological polar surface area (TPSA) is 127 Å². The summed E-state index contributed by atoms with van der Waals surface area (Å²) in [5.74, 6) is 17.7. The molecular formula is C4H10BN7. The molecular weight excluding hydrogens is 157 g/mol. The number of nitrogens with one attached hydrogen (secondary N) is 3. The average Bonchev–Trinajstić information content (AvgIpc) is 2.16. The molecule has 12 heavy (non-hydrogen) atoms. The maximum absolute atomic E-state index is 5.22. The van der Waals surface area contributed by atoms with Gasteiger partial charge in [-0.2, -0.15) is 0 Å². The van der Waals surface area contributed by atoms with Crippen molar-refractivity contribution >= 4 is 24.2 Å². The van der Waals surface area contributed by atoms with Gasteiger partial charge in [0.25, 0.3) is 0 Å². The summed E-state index contributed by atoms with van der Waals surface area (Å²) in [4.78, 5) is 3.90. The first-order chi connectivity index (χ1) is 5.83. The maximum atomic E-state index is 5.22. The van der Waals surface area contributed by atoms with Crippen molar-refractivity contribution in [2.75, 3.05) is 16.3 Å². The molecule has 0 saturated heterocycles. The molecule has 0 atom stereocenters. The fraction of sp³-hybridized carbons (Fsp3) is 0. The molecule has 8 heteroatoms. The van der Waals surface area contributed by atoms with E-state index in [1.807, 2.05) is 0 Å². The zero-order valence-corrected chi connectivity index (χ0v) is 6.33. The Morgan fingerprint density at radius 3 is 2.42 bits per heavy atom. The molecule has 0 saturated carbocycles. The molecule has 1 aromatic heterocycles. The standard InChI is InChI=1S/C4H10BN7/c6-10-2-1-5-9-4(12-8)3(2)11-7/h1,10-11H,6-8H2,(H,9,12). The average molecular weight is 167 g/mol. The number of hydrogen-bond donors (Lipinski definition) is 6. The van der Waals surface area contributed by atoms with Crippen molar-refractivity contribution < 1.29 is 0 Å². The molecule has 64 valence electrons. The predicted molar refractivity (Wildman–Crippen MR) is 49.0 cm³/mol. The number of rotatable bonds is 3. The Labute approximate surface area is 69.9 Å². The number of hydrazine groups is 3. The Balaban J connectivity index is 3.13. The first-order valence-corrected chi connectivity index (χ1v) is 3.22. The second-order valence-corrected chi connectivity index (χ2v) is 2.02. The van der Waals surface area contributed by atoms with Gasteiger partial charge >= 0.3 is 68.9 Å². The van der Waals surface area contributed by atoms with Gasteiger partial charge in [-0.15, -0.1) is 0 Å². The van der Waals surface area contributed by atoms with Crippen LogP contribution in [0.5, 0.6) is 0 Å². The van der Waals surface area contributed by atoms with Gasteiger partial charge in [0, 0.05) is 0 Å². The molecule has 0 aromatic carbocycles. The number of anilines is 3. The molecule has 0 radical (unpaired) electrons. The molecule has 0 aliphatic heterocycles. The SMILES string of the molecule is NNc1cbnc(NN)c1NN. The van der Waals surface area contributed by atoms with E-state index in [0.717, 1.165) is 0 Å². The third-order valence-electron chi connectivity index (χ3n) is 1.39. The van der Waals surface area contributed by atoms with Crippen LogP contribution in [0.15, 0.2) is 5.96 Å². The van der Waals surface area contributed by atoms with Crippen molar-refractivity contribution in [2.45, 2.75) is 0 Å². The van der Waals surface area contributed by atoms with Crippen LogP contribution in [0.4, 0.5) is 17.2 Å². The summed E-state index contributed by atoms with van der Waals surface area (Å²) in [5.41, 5.74) is 8.36. The van der Waals surface area contributed by atoms with Crippen LogP contribution in [0.3, 0.4) is 0 Å². The van der Waals surface area contributed by atoms with Gasteiger partial charge < -0.3 is 0 Å². The van der Waals surface area contributed by atoms with Crippen LogP contribution in [0.25, 0.3) is 0 Å². The molecule has 0 aliphatic rings. The van der Waals surface area contributed by atoms with Crippen molar-refractivity contribution in [2.24, 2.45) is 17.5 Å². The fourth-order valence-corrected chi connectivity index (χ4v) is 0.838. The van der Waals surface area contributed by atoms with Crippen LogP contribution in [0, 0.1) is 0 Å². The molecule has 0 fully saturated rings. The van der Waals surface area contributed by atoms with E-state index in [4.69, 9.17) is 17.5 Å². The number of nitrogens with zero attached hydrogens (tertiary/aromatic N) is 1. The van der Waals surface area contributed by atoms with Crippen LogP contribution < -0.4 is 33.8 Å². The van der Waals surface area contributed by atoms with Crippen LogP contribution in [-0.2, 0) is 0 Å². The number of aromatic nitrogens is 1. The van der Waals surface area contributed by atoms with Crippen molar-refractivity contribution in [1.29, 1.82) is 0 Å². The third-order valence-corrected chi connectivity index (χ3v) is 1.39. The summed E-state index contributed by atoms with van der Waals surface area (Å²) in [6.45, 7) is 0. The van der Waals surface area contributed by atoms with E-state index < -0.39 is 0 Å². The number of hydrogen-bond acceptors (Lipinski definition) is 7. The van der Waals surface area contributed by atoms with Gasteiger partial charge in [-0.25, -0.2) is 0 Å². The van der Waals surface area contributed by atoms with Crippen molar-refractivity contribution in [1.82, 2.24) is 4.89 Å². The van der Waals surface area contributed by atoms with Gasteiger partial charge in [0.05, 0.1) is 0 Å². The van der Waals surface area contributed by atoms with Crippen molar-refractivity contribution in [3.8, 4) is 0 Å². The fourth-order valence-electron chi connectivity index (χ4n) is 0.838. The summed E-state index contributed by atoms with van der Waals surface area (Å²) >= 11 is 0. The second-order valence-electron chi connectivity index (χ2n) is 2.02. The van der Waals surface area contributed by atoms with E-state index in [1.54, 1.807) is 13.0 Å². The van der Waals surface area contributed by atoms with E-state index in [1.165, 1.54) is 0 Å². The predicted octanol–water partition coefficient (Wildman–Crippen LogP) is -1.72. The molecule has 1 rings (SSSR count). The second kappa shape index (κ2) is 3.86. The summed E-state index contributed by atoms with van der Waals surface area (Å²) in [7, 11) is 1.55. The first-order valence-electron chi connectivity index (χ1n) is 3.22. The molecule has 7 nitrogen and oxygen atoms in total. The van der Waals surface area contributed by atoms with E-state index in [2.05, 4.69) is 21.2 Å². The Morgan fingerprint density at radius 1 is 1.17 bits per heavy atom. The molecule has 0 spiro atoms. The Bertz CT molecular complexity index is 241. The van der Waals surface area contributed by atoms with Crippen LogP contribution in [0.1, 0.15) is 0 Å². The van der Waals surface area contributed by atoms with E-state index in [0.29, 0.717) is 17.2 Å². The summed E-state index contributed by atoms with van der Waals surface area (Å²) in [6, 6.07) is 0. The number of nitrogens with two attached hydrogens (primary N) is 3. The van der Waals surface area contributed by atoms with Crippen LogP contribution in [0.2, 0.25) is 0 Å². The Hall–Kier alpha value is -1.38. The Morgan fingerprint density at radius 2 is 1.92 bits per heavy atom. The van der Waals surface area contributed by atoms with Gasteiger partial charge in [-0.3, -0.25) is 0 Å². The molecule has 0 amide bonds. The third kappa shape index (κ3) is 1.45. The van der Waals surface area contributed by atoms with Gasteiger partial charge in [0.2, 0.25) is 0 Å². The molecule has 1 aromatic rings. The quantitative estimate of drug-likeness (QED) is 0.233. The van der Waals surface area contributed by atoms with E-state index >= 15 is 0 Å². The normalized spacial score (nSPS) is 8.92. The van der Waals surface area contributed by atoms with Crippen LogP contribution >= 0.6 is 0 Å². The van der Waals surface area contributed by atoms with Crippen LogP contribution in [-0.4, -0.2) is 11.9 Å². The summed E-state index contributed by atoms with van der Waals surface area (Å²) in [6.07, 6.45) is 0. The van der Waals surface area contributed by atoms with Crippen molar-refractivity contribution in [3.05, 3.63) is 5.96 Å².